The van der Waals surface area contributed by atoms with E-state index in [-0.39, 0.29) is 17.1 Å². The monoisotopic (exact) mass is 390 g/mol. The van der Waals surface area contributed by atoms with Crippen LogP contribution in [0.5, 0.6) is 5.75 Å². The van der Waals surface area contributed by atoms with Crippen LogP contribution >= 0.6 is 0 Å². The molecule has 0 saturated carbocycles. The lowest BCUT2D eigenvalue weighted by Gasteiger charge is -2.26. The Bertz CT molecular complexity index is 945. The number of methoxy groups -OCH3 is 1. The van der Waals surface area contributed by atoms with Gasteiger partial charge in [0.1, 0.15) is 5.75 Å². The maximum Gasteiger partial charge on any atom is 0.380 e. The standard InChI is InChI=1S/C18H16F6N2O/c1-9-13(10(2)26(3)25-9)15-14(11-7-5-6-8-12(11)27-4)16(19,20)18(23,24)17(15,21)22/h5-8H,1-4H3. The molecule has 2 aromatic rings. The van der Waals surface area contributed by atoms with Gasteiger partial charge in [0.15, 0.2) is 0 Å². The highest BCUT2D eigenvalue weighted by Gasteiger charge is 2.80. The third-order valence-corrected chi connectivity index (χ3v) is 4.80. The fourth-order valence-corrected chi connectivity index (χ4v) is 3.40. The SMILES string of the molecule is COc1ccccc1C1=C(c2c(C)nn(C)c2C)C(F)(F)C(F)(F)C1(F)F. The van der Waals surface area contributed by atoms with Crippen LogP contribution in [0, 0.1) is 13.8 Å². The molecule has 3 nitrogen and oxygen atoms in total. The van der Waals surface area contributed by atoms with Crippen LogP contribution in [0.15, 0.2) is 24.3 Å². The van der Waals surface area contributed by atoms with E-state index >= 15 is 0 Å². The average Bonchev–Trinajstić information content (AvgIpc) is 2.89. The highest BCUT2D eigenvalue weighted by Crippen LogP contribution is 2.65. The summed E-state index contributed by atoms with van der Waals surface area (Å²) in [4.78, 5) is 0. The summed E-state index contributed by atoms with van der Waals surface area (Å²) in [6.45, 7) is 2.66. The van der Waals surface area contributed by atoms with Gasteiger partial charge in [-0.3, -0.25) is 4.68 Å². The van der Waals surface area contributed by atoms with Crippen molar-refractivity contribution in [1.82, 2.24) is 9.78 Å². The van der Waals surface area contributed by atoms with Crippen molar-refractivity contribution in [3.63, 3.8) is 0 Å². The summed E-state index contributed by atoms with van der Waals surface area (Å²) in [7, 11) is 2.56. The van der Waals surface area contributed by atoms with E-state index in [2.05, 4.69) is 5.10 Å². The molecule has 1 aliphatic carbocycles. The van der Waals surface area contributed by atoms with Gasteiger partial charge in [0.2, 0.25) is 0 Å². The molecular weight excluding hydrogens is 374 g/mol. The highest BCUT2D eigenvalue weighted by molar-refractivity contribution is 6.03. The normalized spacial score (nSPS) is 20.2. The number of halogens is 6. The highest BCUT2D eigenvalue weighted by atomic mass is 19.3. The molecular formula is C18H16F6N2O. The van der Waals surface area contributed by atoms with E-state index in [0.717, 1.165) is 13.2 Å². The Morgan fingerprint density at radius 2 is 1.48 bits per heavy atom. The Morgan fingerprint density at radius 3 is 2.00 bits per heavy atom. The van der Waals surface area contributed by atoms with Gasteiger partial charge in [0.25, 0.3) is 0 Å². The molecule has 1 heterocycles. The fourth-order valence-electron chi connectivity index (χ4n) is 3.40. The maximum atomic E-state index is 14.7. The van der Waals surface area contributed by atoms with Crippen LogP contribution in [0.4, 0.5) is 26.3 Å². The minimum absolute atomic E-state index is 0.0504. The second-order valence-electron chi connectivity index (χ2n) is 6.34. The molecule has 27 heavy (non-hydrogen) atoms. The molecule has 0 bridgehead atoms. The molecule has 1 aromatic heterocycles. The van der Waals surface area contributed by atoms with Gasteiger partial charge in [-0.05, 0) is 19.9 Å². The molecule has 9 heteroatoms. The van der Waals surface area contributed by atoms with E-state index < -0.39 is 40.0 Å². The summed E-state index contributed by atoms with van der Waals surface area (Å²) in [5.74, 6) is -16.0. The van der Waals surface area contributed by atoms with Gasteiger partial charge >= 0.3 is 17.8 Å². The number of hydrogen-bond acceptors (Lipinski definition) is 2. The van der Waals surface area contributed by atoms with Crippen molar-refractivity contribution in [2.24, 2.45) is 7.05 Å². The Kier molecular flexibility index (Phi) is 4.13. The van der Waals surface area contributed by atoms with Crippen LogP contribution in [0.2, 0.25) is 0 Å². The molecule has 0 unspecified atom stereocenters. The van der Waals surface area contributed by atoms with Crippen LogP contribution in [0.3, 0.4) is 0 Å². The van der Waals surface area contributed by atoms with Crippen molar-refractivity contribution in [1.29, 1.82) is 0 Å². The number of nitrogens with zero attached hydrogens (tertiary/aromatic N) is 2. The minimum Gasteiger partial charge on any atom is -0.496 e. The summed E-state index contributed by atoms with van der Waals surface area (Å²) in [6, 6.07) is 5.01. The summed E-state index contributed by atoms with van der Waals surface area (Å²) in [5, 5.41) is 3.92. The lowest BCUT2D eigenvalue weighted by Crippen LogP contribution is -2.49. The minimum atomic E-state index is -5.61. The first-order valence-corrected chi connectivity index (χ1v) is 7.92. The zero-order valence-corrected chi connectivity index (χ0v) is 14.9. The third-order valence-electron chi connectivity index (χ3n) is 4.80. The number of allylic oxidation sites excluding steroid dienone is 2. The molecule has 0 fully saturated rings. The van der Waals surface area contributed by atoms with Crippen LogP contribution in [-0.4, -0.2) is 34.7 Å². The van der Waals surface area contributed by atoms with Gasteiger partial charge in [-0.1, -0.05) is 18.2 Å². The second-order valence-corrected chi connectivity index (χ2v) is 6.34. The molecule has 0 N–H and O–H groups in total. The topological polar surface area (TPSA) is 27.1 Å². The van der Waals surface area contributed by atoms with E-state index in [1.807, 2.05) is 0 Å². The Morgan fingerprint density at radius 1 is 0.926 bits per heavy atom. The zero-order chi connectivity index (χ0) is 20.4. The first kappa shape index (κ1) is 19.3. The largest absolute Gasteiger partial charge is 0.496 e. The predicted octanol–water partition coefficient (Wildman–Crippen LogP) is 4.88. The van der Waals surface area contributed by atoms with Crippen molar-refractivity contribution in [3.8, 4) is 5.75 Å². The van der Waals surface area contributed by atoms with Crippen molar-refractivity contribution >= 4 is 11.1 Å². The van der Waals surface area contributed by atoms with Gasteiger partial charge in [-0.15, -0.1) is 0 Å². The van der Waals surface area contributed by atoms with Crippen molar-refractivity contribution in [2.45, 2.75) is 31.6 Å². The molecule has 1 aliphatic rings. The number of hydrogen-bond donors (Lipinski definition) is 0. The number of aromatic nitrogens is 2. The third kappa shape index (κ3) is 2.33. The molecule has 0 amide bonds. The quantitative estimate of drug-likeness (QED) is 0.699. The lowest BCUT2D eigenvalue weighted by atomic mass is 9.93. The summed E-state index contributed by atoms with van der Waals surface area (Å²) in [5.41, 5.74) is -3.78. The number of benzene rings is 1. The molecule has 0 atom stereocenters. The first-order chi connectivity index (χ1) is 12.4. The second kappa shape index (κ2) is 5.77. The fraction of sp³-hybridized carbons (Fsp3) is 0.389. The lowest BCUT2D eigenvalue weighted by molar-refractivity contribution is -0.254. The molecule has 0 radical (unpaired) electrons. The Labute approximate surface area is 151 Å². The summed E-state index contributed by atoms with van der Waals surface area (Å²) in [6.07, 6.45) is 0. The van der Waals surface area contributed by atoms with Gasteiger partial charge in [0, 0.05) is 35.0 Å². The van der Waals surface area contributed by atoms with Crippen LogP contribution in [-0.2, 0) is 7.05 Å². The van der Waals surface area contributed by atoms with Crippen molar-refractivity contribution < 1.29 is 31.1 Å². The van der Waals surface area contributed by atoms with Gasteiger partial charge < -0.3 is 4.74 Å². The first-order valence-electron chi connectivity index (χ1n) is 7.92. The average molecular weight is 390 g/mol. The van der Waals surface area contributed by atoms with E-state index in [1.165, 1.54) is 43.8 Å². The van der Waals surface area contributed by atoms with Gasteiger partial charge in [-0.2, -0.15) is 31.4 Å². The predicted molar refractivity (Wildman–Crippen MR) is 87.3 cm³/mol. The molecule has 0 aliphatic heterocycles. The Hall–Kier alpha value is -2.45. The van der Waals surface area contributed by atoms with Crippen LogP contribution < -0.4 is 4.74 Å². The van der Waals surface area contributed by atoms with Crippen LogP contribution in [0.25, 0.3) is 11.1 Å². The maximum absolute atomic E-state index is 14.7. The zero-order valence-electron chi connectivity index (χ0n) is 14.9. The molecule has 0 spiro atoms. The number of ether oxygens (including phenoxy) is 1. The van der Waals surface area contributed by atoms with E-state index in [0.29, 0.717) is 0 Å². The summed E-state index contributed by atoms with van der Waals surface area (Å²) >= 11 is 0. The van der Waals surface area contributed by atoms with Crippen molar-refractivity contribution in [3.05, 3.63) is 46.8 Å². The number of para-hydroxylation sites is 1. The van der Waals surface area contributed by atoms with E-state index in [1.54, 1.807) is 0 Å². The Balaban J connectivity index is 2.51. The number of rotatable bonds is 3. The number of alkyl halides is 6. The van der Waals surface area contributed by atoms with E-state index in [9.17, 15) is 26.3 Å². The number of aryl methyl sites for hydroxylation is 2. The van der Waals surface area contributed by atoms with Gasteiger partial charge in [0.05, 0.1) is 12.8 Å². The van der Waals surface area contributed by atoms with Crippen LogP contribution in [0.1, 0.15) is 22.5 Å². The summed E-state index contributed by atoms with van der Waals surface area (Å²) < 4.78 is 93.6. The molecule has 0 saturated heterocycles. The molecule has 1 aromatic carbocycles. The molecule has 3 rings (SSSR count). The van der Waals surface area contributed by atoms with E-state index in [4.69, 9.17) is 4.74 Å². The smallest absolute Gasteiger partial charge is 0.380 e. The molecule has 146 valence electrons. The van der Waals surface area contributed by atoms with Gasteiger partial charge in [-0.25, -0.2) is 0 Å². The van der Waals surface area contributed by atoms with Crippen molar-refractivity contribution in [2.75, 3.05) is 7.11 Å².